The lowest BCUT2D eigenvalue weighted by Gasteiger charge is -2.13. The van der Waals surface area contributed by atoms with Gasteiger partial charge in [-0.1, -0.05) is 127 Å². The SMILES string of the molecule is c1ccc(-c2cc3ccccc3c3ccc(-c4nc(-c5ccc6ccccc6c5)nc(-c5ccc6c(c5)oc5ccccc56)n4)cc23)cc1. The molecule has 4 nitrogen and oxygen atoms in total. The van der Waals surface area contributed by atoms with Gasteiger partial charge < -0.3 is 4.42 Å². The summed E-state index contributed by atoms with van der Waals surface area (Å²) in [6, 6.07) is 57.1. The number of benzene rings is 8. The van der Waals surface area contributed by atoms with Gasteiger partial charge in [0.25, 0.3) is 0 Å². The summed E-state index contributed by atoms with van der Waals surface area (Å²) in [6.07, 6.45) is 0. The molecule has 8 aromatic carbocycles. The summed E-state index contributed by atoms with van der Waals surface area (Å²) < 4.78 is 6.26. The second kappa shape index (κ2) is 11.0. The van der Waals surface area contributed by atoms with E-state index in [1.807, 2.05) is 24.3 Å². The lowest BCUT2D eigenvalue weighted by atomic mass is 9.92. The van der Waals surface area contributed by atoms with Crippen molar-refractivity contribution in [1.29, 1.82) is 0 Å². The van der Waals surface area contributed by atoms with Crippen LogP contribution in [0.3, 0.4) is 0 Å². The van der Waals surface area contributed by atoms with Gasteiger partial charge in [0.05, 0.1) is 0 Å². The third-order valence-electron chi connectivity index (χ3n) is 9.48. The summed E-state index contributed by atoms with van der Waals surface area (Å²) in [5.74, 6) is 1.83. The highest BCUT2D eigenvalue weighted by molar-refractivity contribution is 6.14. The lowest BCUT2D eigenvalue weighted by molar-refractivity contribution is 0.669. The minimum absolute atomic E-state index is 0.595. The number of hydrogen-bond acceptors (Lipinski definition) is 4. The van der Waals surface area contributed by atoms with Gasteiger partial charge in [0.15, 0.2) is 17.5 Å². The van der Waals surface area contributed by atoms with E-state index in [-0.39, 0.29) is 0 Å². The van der Waals surface area contributed by atoms with E-state index >= 15 is 0 Å². The Morgan fingerprint density at radius 1 is 0.306 bits per heavy atom. The molecule has 0 aliphatic heterocycles. The van der Waals surface area contributed by atoms with Gasteiger partial charge in [-0.3, -0.25) is 0 Å². The quantitative estimate of drug-likeness (QED) is 0.183. The van der Waals surface area contributed by atoms with Crippen molar-refractivity contribution in [3.8, 4) is 45.3 Å². The molecule has 0 N–H and O–H groups in total. The van der Waals surface area contributed by atoms with Gasteiger partial charge >= 0.3 is 0 Å². The zero-order chi connectivity index (χ0) is 32.3. The van der Waals surface area contributed by atoms with E-state index < -0.39 is 0 Å². The Labute approximate surface area is 282 Å². The van der Waals surface area contributed by atoms with E-state index in [0.717, 1.165) is 49.4 Å². The fourth-order valence-corrected chi connectivity index (χ4v) is 7.06. The minimum atomic E-state index is 0.595. The maximum absolute atomic E-state index is 6.26. The fourth-order valence-electron chi connectivity index (χ4n) is 7.06. The van der Waals surface area contributed by atoms with E-state index in [4.69, 9.17) is 19.4 Å². The van der Waals surface area contributed by atoms with Crippen molar-refractivity contribution in [2.24, 2.45) is 0 Å². The van der Waals surface area contributed by atoms with E-state index in [1.54, 1.807) is 0 Å². The predicted octanol–water partition coefficient (Wildman–Crippen LogP) is 11.9. The maximum atomic E-state index is 6.26. The minimum Gasteiger partial charge on any atom is -0.456 e. The molecule has 2 heterocycles. The van der Waals surface area contributed by atoms with Crippen LogP contribution < -0.4 is 0 Å². The monoisotopic (exact) mass is 625 g/mol. The van der Waals surface area contributed by atoms with Crippen LogP contribution in [0.15, 0.2) is 168 Å². The van der Waals surface area contributed by atoms with Crippen LogP contribution >= 0.6 is 0 Å². The zero-order valence-corrected chi connectivity index (χ0v) is 26.3. The number of fused-ring (bicyclic) bond motifs is 7. The molecule has 49 heavy (non-hydrogen) atoms. The van der Waals surface area contributed by atoms with E-state index in [2.05, 4.69) is 140 Å². The van der Waals surface area contributed by atoms with Crippen LogP contribution in [0.4, 0.5) is 0 Å². The van der Waals surface area contributed by atoms with Crippen LogP contribution in [-0.2, 0) is 0 Å². The zero-order valence-electron chi connectivity index (χ0n) is 26.3. The van der Waals surface area contributed by atoms with Crippen LogP contribution in [0.5, 0.6) is 0 Å². The third kappa shape index (κ3) is 4.65. The molecule has 0 saturated carbocycles. The van der Waals surface area contributed by atoms with Gasteiger partial charge in [-0.2, -0.15) is 0 Å². The smallest absolute Gasteiger partial charge is 0.164 e. The Morgan fingerprint density at radius 2 is 0.878 bits per heavy atom. The number of rotatable bonds is 4. The predicted molar refractivity (Wildman–Crippen MR) is 201 cm³/mol. The lowest BCUT2D eigenvalue weighted by Crippen LogP contribution is -2.00. The first-order chi connectivity index (χ1) is 24.2. The van der Waals surface area contributed by atoms with Crippen LogP contribution in [0.25, 0.3) is 99.5 Å². The summed E-state index contributed by atoms with van der Waals surface area (Å²) >= 11 is 0. The molecule has 4 heteroatoms. The molecule has 0 fully saturated rings. The van der Waals surface area contributed by atoms with E-state index in [9.17, 15) is 0 Å². The largest absolute Gasteiger partial charge is 0.456 e. The van der Waals surface area contributed by atoms with Gasteiger partial charge in [-0.15, -0.1) is 0 Å². The van der Waals surface area contributed by atoms with E-state index in [1.165, 1.54) is 32.7 Å². The summed E-state index contributed by atoms with van der Waals surface area (Å²) in [6.45, 7) is 0. The Hall–Kier alpha value is -6.65. The van der Waals surface area contributed by atoms with Crippen molar-refractivity contribution in [3.63, 3.8) is 0 Å². The first kappa shape index (κ1) is 27.5. The molecule has 0 saturated heterocycles. The Balaban J connectivity index is 1.21. The van der Waals surface area contributed by atoms with Crippen molar-refractivity contribution in [3.05, 3.63) is 164 Å². The fraction of sp³-hybridized carbons (Fsp3) is 0. The molecule has 0 radical (unpaired) electrons. The third-order valence-corrected chi connectivity index (χ3v) is 9.48. The second-order valence-corrected chi connectivity index (χ2v) is 12.4. The summed E-state index contributed by atoms with van der Waals surface area (Å²) in [4.78, 5) is 15.3. The molecule has 10 rings (SSSR count). The van der Waals surface area contributed by atoms with Crippen molar-refractivity contribution in [2.75, 3.05) is 0 Å². The van der Waals surface area contributed by atoms with Gasteiger partial charge in [-0.25, -0.2) is 15.0 Å². The molecule has 0 amide bonds. The van der Waals surface area contributed by atoms with Crippen molar-refractivity contribution < 1.29 is 4.42 Å². The van der Waals surface area contributed by atoms with Gasteiger partial charge in [0, 0.05) is 27.5 Å². The first-order valence-electron chi connectivity index (χ1n) is 16.4. The summed E-state index contributed by atoms with van der Waals surface area (Å²) in [5, 5.41) is 9.25. The van der Waals surface area contributed by atoms with Crippen molar-refractivity contribution >= 4 is 54.3 Å². The molecule has 0 bridgehead atoms. The summed E-state index contributed by atoms with van der Waals surface area (Å²) in [5.41, 5.74) is 6.74. The highest BCUT2D eigenvalue weighted by Crippen LogP contribution is 2.38. The molecule has 0 unspecified atom stereocenters. The van der Waals surface area contributed by atoms with Crippen LogP contribution in [0, 0.1) is 0 Å². The molecule has 228 valence electrons. The number of hydrogen-bond donors (Lipinski definition) is 0. The van der Waals surface area contributed by atoms with E-state index in [0.29, 0.717) is 17.5 Å². The number of aromatic nitrogens is 3. The summed E-state index contributed by atoms with van der Waals surface area (Å²) in [7, 11) is 0. The topological polar surface area (TPSA) is 51.8 Å². The molecule has 0 aliphatic rings. The Kier molecular flexibility index (Phi) is 6.15. The van der Waals surface area contributed by atoms with Crippen LogP contribution in [0.1, 0.15) is 0 Å². The molecule has 0 spiro atoms. The normalized spacial score (nSPS) is 11.7. The van der Waals surface area contributed by atoms with Gasteiger partial charge in [-0.05, 0) is 79.8 Å². The molecule has 0 aliphatic carbocycles. The second-order valence-electron chi connectivity index (χ2n) is 12.4. The molecular formula is C45H27N3O. The number of nitrogens with zero attached hydrogens (tertiary/aromatic N) is 3. The molecular weight excluding hydrogens is 599 g/mol. The van der Waals surface area contributed by atoms with Crippen molar-refractivity contribution in [2.45, 2.75) is 0 Å². The molecule has 0 atom stereocenters. The molecule has 2 aromatic heterocycles. The average Bonchev–Trinajstić information content (AvgIpc) is 3.55. The highest BCUT2D eigenvalue weighted by Gasteiger charge is 2.17. The Bertz CT molecular complexity index is 2890. The van der Waals surface area contributed by atoms with Crippen LogP contribution in [-0.4, -0.2) is 15.0 Å². The maximum Gasteiger partial charge on any atom is 0.164 e. The van der Waals surface area contributed by atoms with Crippen molar-refractivity contribution in [1.82, 2.24) is 15.0 Å². The van der Waals surface area contributed by atoms with Crippen LogP contribution in [0.2, 0.25) is 0 Å². The first-order valence-corrected chi connectivity index (χ1v) is 16.4. The molecule has 10 aromatic rings. The Morgan fingerprint density at radius 3 is 1.67 bits per heavy atom. The van der Waals surface area contributed by atoms with Gasteiger partial charge in [0.2, 0.25) is 0 Å². The number of para-hydroxylation sites is 1. The standard InChI is InChI=1S/C45H27N3O/c1-2-11-29(12-3-1)39-25-31-14-6-7-15-35(31)36-22-20-33(26-40(36)39)44-46-43(32-19-18-28-10-4-5-13-30(28)24-32)47-45(48-44)34-21-23-38-37-16-8-9-17-41(37)49-42(38)27-34/h1-27H. The average molecular weight is 626 g/mol. The number of furan rings is 1. The highest BCUT2D eigenvalue weighted by atomic mass is 16.3. The van der Waals surface area contributed by atoms with Gasteiger partial charge in [0.1, 0.15) is 11.2 Å².